The van der Waals surface area contributed by atoms with Crippen LogP contribution < -0.4 is 5.32 Å². The van der Waals surface area contributed by atoms with Gasteiger partial charge in [0.15, 0.2) is 5.69 Å². The Morgan fingerprint density at radius 1 is 1.30 bits per heavy atom. The van der Waals surface area contributed by atoms with Crippen LogP contribution in [0.2, 0.25) is 0 Å². The molecule has 0 saturated carbocycles. The monoisotopic (exact) mass is 325 g/mol. The second kappa shape index (κ2) is 7.02. The number of nitrogens with one attached hydrogen (secondary N) is 1. The molecule has 0 aliphatic rings. The van der Waals surface area contributed by atoms with Crippen LogP contribution in [0.25, 0.3) is 0 Å². The van der Waals surface area contributed by atoms with Crippen molar-refractivity contribution < 1.29 is 19.4 Å². The van der Waals surface area contributed by atoms with E-state index in [0.717, 1.165) is 12.1 Å². The number of aromatic carboxylic acids is 1. The minimum absolute atomic E-state index is 0.0153. The van der Waals surface area contributed by atoms with Crippen LogP contribution in [-0.4, -0.2) is 38.1 Å². The summed E-state index contributed by atoms with van der Waals surface area (Å²) in [6.45, 7) is 11.8. The molecule has 7 heteroatoms. The molecule has 1 amide bonds. The van der Waals surface area contributed by atoms with E-state index < -0.39 is 23.2 Å². The second-order valence-corrected chi connectivity index (χ2v) is 7.24. The first-order chi connectivity index (χ1) is 10.4. The maximum atomic E-state index is 11.9. The van der Waals surface area contributed by atoms with E-state index in [2.05, 4.69) is 10.4 Å². The standard InChI is InChI=1S/C16H27N3O4/c1-7-8-19-11(9-12(18-19)13(20)21)10-16(5,6)17-14(22)23-15(2,3)4/h9H,7-8,10H2,1-6H3,(H,17,22)(H,20,21). The molecule has 0 fully saturated rings. The maximum absolute atomic E-state index is 11.9. The Hall–Kier alpha value is -2.05. The highest BCUT2D eigenvalue weighted by molar-refractivity contribution is 5.85. The predicted octanol–water partition coefficient (Wildman–Crippen LogP) is 2.84. The molecule has 0 aliphatic heterocycles. The van der Waals surface area contributed by atoms with Gasteiger partial charge >= 0.3 is 12.1 Å². The summed E-state index contributed by atoms with van der Waals surface area (Å²) in [6.07, 6.45) is 0.794. The summed E-state index contributed by atoms with van der Waals surface area (Å²) in [5.41, 5.74) is -0.378. The molecule has 1 aromatic rings. The van der Waals surface area contributed by atoms with Crippen molar-refractivity contribution in [2.75, 3.05) is 0 Å². The van der Waals surface area contributed by atoms with Crippen molar-refractivity contribution >= 4 is 12.1 Å². The highest BCUT2D eigenvalue weighted by Gasteiger charge is 2.27. The SMILES string of the molecule is CCCn1nc(C(=O)O)cc1CC(C)(C)NC(=O)OC(C)(C)C. The number of aryl methyl sites for hydroxylation is 1. The molecule has 23 heavy (non-hydrogen) atoms. The van der Waals surface area contributed by atoms with Crippen LogP contribution >= 0.6 is 0 Å². The van der Waals surface area contributed by atoms with Gasteiger partial charge in [-0.05, 0) is 47.1 Å². The minimum atomic E-state index is -1.06. The van der Waals surface area contributed by atoms with Gasteiger partial charge in [0, 0.05) is 24.2 Å². The van der Waals surface area contributed by atoms with Gasteiger partial charge in [-0.1, -0.05) is 6.92 Å². The molecular formula is C16H27N3O4. The van der Waals surface area contributed by atoms with Crippen LogP contribution in [0.1, 0.15) is 64.1 Å². The van der Waals surface area contributed by atoms with Crippen LogP contribution in [0.3, 0.4) is 0 Å². The Bertz CT molecular complexity index is 570. The average Bonchev–Trinajstić information content (AvgIpc) is 2.68. The Balaban J connectivity index is 2.87. The van der Waals surface area contributed by atoms with Gasteiger partial charge in [-0.25, -0.2) is 9.59 Å². The fraction of sp³-hybridized carbons (Fsp3) is 0.688. The lowest BCUT2D eigenvalue weighted by Gasteiger charge is -2.28. The number of hydrogen-bond donors (Lipinski definition) is 2. The van der Waals surface area contributed by atoms with Gasteiger partial charge in [-0.3, -0.25) is 4.68 Å². The topological polar surface area (TPSA) is 93.5 Å². The van der Waals surface area contributed by atoms with Crippen LogP contribution in [0.15, 0.2) is 6.07 Å². The van der Waals surface area contributed by atoms with Crippen molar-refractivity contribution in [1.29, 1.82) is 0 Å². The first-order valence-corrected chi connectivity index (χ1v) is 7.75. The van der Waals surface area contributed by atoms with E-state index >= 15 is 0 Å². The van der Waals surface area contributed by atoms with E-state index in [1.165, 1.54) is 0 Å². The lowest BCUT2D eigenvalue weighted by atomic mass is 9.98. The third kappa shape index (κ3) is 6.30. The molecule has 130 valence electrons. The summed E-state index contributed by atoms with van der Waals surface area (Å²) in [7, 11) is 0. The van der Waals surface area contributed by atoms with E-state index in [1.54, 1.807) is 31.5 Å². The molecule has 1 heterocycles. The predicted molar refractivity (Wildman–Crippen MR) is 86.6 cm³/mol. The van der Waals surface area contributed by atoms with Crippen molar-refractivity contribution in [3.63, 3.8) is 0 Å². The summed E-state index contributed by atoms with van der Waals surface area (Å²) in [6, 6.07) is 1.55. The highest BCUT2D eigenvalue weighted by atomic mass is 16.6. The summed E-state index contributed by atoms with van der Waals surface area (Å²) in [5, 5.41) is 16.0. The van der Waals surface area contributed by atoms with Crippen LogP contribution in [-0.2, 0) is 17.7 Å². The zero-order chi connectivity index (χ0) is 17.8. The van der Waals surface area contributed by atoms with E-state index in [4.69, 9.17) is 9.84 Å². The molecule has 1 rings (SSSR count). The molecule has 0 spiro atoms. The summed E-state index contributed by atoms with van der Waals surface area (Å²) in [4.78, 5) is 23.0. The zero-order valence-electron chi connectivity index (χ0n) is 14.8. The van der Waals surface area contributed by atoms with Gasteiger partial charge in [0.2, 0.25) is 0 Å². The lowest BCUT2D eigenvalue weighted by Crippen LogP contribution is -2.47. The van der Waals surface area contributed by atoms with Crippen molar-refractivity contribution in [3.05, 3.63) is 17.5 Å². The fourth-order valence-electron chi connectivity index (χ4n) is 2.18. The molecule has 0 bridgehead atoms. The van der Waals surface area contributed by atoms with Crippen molar-refractivity contribution in [3.8, 4) is 0 Å². The van der Waals surface area contributed by atoms with Gasteiger partial charge in [-0.15, -0.1) is 0 Å². The van der Waals surface area contributed by atoms with Gasteiger partial charge in [-0.2, -0.15) is 5.10 Å². The third-order valence-electron chi connectivity index (χ3n) is 2.98. The Morgan fingerprint density at radius 2 is 1.91 bits per heavy atom. The number of nitrogens with zero attached hydrogens (tertiary/aromatic N) is 2. The Kier molecular flexibility index (Phi) is 5.80. The number of ether oxygens (including phenoxy) is 1. The van der Waals surface area contributed by atoms with E-state index in [-0.39, 0.29) is 5.69 Å². The average molecular weight is 325 g/mol. The number of alkyl carbamates (subject to hydrolysis) is 1. The lowest BCUT2D eigenvalue weighted by molar-refractivity contribution is 0.0471. The highest BCUT2D eigenvalue weighted by Crippen LogP contribution is 2.16. The normalized spacial score (nSPS) is 12.1. The quantitative estimate of drug-likeness (QED) is 0.839. The van der Waals surface area contributed by atoms with Gasteiger partial charge < -0.3 is 15.2 Å². The number of carbonyl (C=O) groups is 2. The smallest absolute Gasteiger partial charge is 0.408 e. The van der Waals surface area contributed by atoms with E-state index in [0.29, 0.717) is 13.0 Å². The van der Waals surface area contributed by atoms with Crippen LogP contribution in [0, 0.1) is 0 Å². The first kappa shape index (κ1) is 19.0. The molecule has 0 atom stereocenters. The Labute approximate surface area is 137 Å². The zero-order valence-corrected chi connectivity index (χ0v) is 14.8. The number of carboxylic acid groups (broad SMARTS) is 1. The van der Waals surface area contributed by atoms with Crippen LogP contribution in [0.5, 0.6) is 0 Å². The number of amides is 1. The molecule has 7 nitrogen and oxygen atoms in total. The number of hydrogen-bond acceptors (Lipinski definition) is 4. The molecule has 0 radical (unpaired) electrons. The Morgan fingerprint density at radius 3 is 2.39 bits per heavy atom. The number of carbonyl (C=O) groups excluding carboxylic acids is 1. The number of carboxylic acids is 1. The fourth-order valence-corrected chi connectivity index (χ4v) is 2.18. The minimum Gasteiger partial charge on any atom is -0.476 e. The number of rotatable bonds is 6. The molecule has 0 saturated heterocycles. The van der Waals surface area contributed by atoms with E-state index in [9.17, 15) is 9.59 Å². The maximum Gasteiger partial charge on any atom is 0.408 e. The number of aromatic nitrogens is 2. The molecule has 0 aliphatic carbocycles. The molecule has 1 aromatic heterocycles. The van der Waals surface area contributed by atoms with E-state index in [1.807, 2.05) is 20.8 Å². The van der Waals surface area contributed by atoms with Gasteiger partial charge in [0.25, 0.3) is 0 Å². The summed E-state index contributed by atoms with van der Waals surface area (Å²) in [5.74, 6) is -1.06. The van der Waals surface area contributed by atoms with Gasteiger partial charge in [0.05, 0.1) is 0 Å². The first-order valence-electron chi connectivity index (χ1n) is 7.75. The molecule has 0 aromatic carbocycles. The van der Waals surface area contributed by atoms with Crippen molar-refractivity contribution in [2.24, 2.45) is 0 Å². The molecular weight excluding hydrogens is 298 g/mol. The molecule has 0 unspecified atom stereocenters. The summed E-state index contributed by atoms with van der Waals surface area (Å²) < 4.78 is 6.95. The third-order valence-corrected chi connectivity index (χ3v) is 2.98. The van der Waals surface area contributed by atoms with Crippen LogP contribution in [0.4, 0.5) is 4.79 Å². The largest absolute Gasteiger partial charge is 0.476 e. The summed E-state index contributed by atoms with van der Waals surface area (Å²) >= 11 is 0. The van der Waals surface area contributed by atoms with Gasteiger partial charge in [0.1, 0.15) is 5.60 Å². The molecule has 2 N–H and O–H groups in total. The van der Waals surface area contributed by atoms with Crippen molar-refractivity contribution in [1.82, 2.24) is 15.1 Å². The van der Waals surface area contributed by atoms with Crippen molar-refractivity contribution in [2.45, 2.75) is 72.1 Å². The second-order valence-electron chi connectivity index (χ2n) is 7.24.